The van der Waals surface area contributed by atoms with Crippen LogP contribution in [-0.2, 0) is 0 Å². The fourth-order valence-corrected chi connectivity index (χ4v) is 1.86. The highest BCUT2D eigenvalue weighted by Gasteiger charge is 2.12. The predicted octanol–water partition coefficient (Wildman–Crippen LogP) is 1.54. The highest BCUT2D eigenvalue weighted by Crippen LogP contribution is 2.23. The van der Waals surface area contributed by atoms with E-state index in [0.717, 1.165) is 11.5 Å². The van der Waals surface area contributed by atoms with Crippen molar-refractivity contribution in [2.45, 2.75) is 0 Å². The van der Waals surface area contributed by atoms with Gasteiger partial charge in [0.25, 0.3) is 5.91 Å². The van der Waals surface area contributed by atoms with Gasteiger partial charge in [-0.15, -0.1) is 5.10 Å². The van der Waals surface area contributed by atoms with Gasteiger partial charge in [0.15, 0.2) is 5.84 Å². The number of benzene rings is 1. The van der Waals surface area contributed by atoms with Crippen LogP contribution in [0.2, 0.25) is 5.02 Å². The summed E-state index contributed by atoms with van der Waals surface area (Å²) in [6.07, 6.45) is 1.35. The van der Waals surface area contributed by atoms with Gasteiger partial charge in [-0.2, -0.15) is 0 Å². The number of hydrogen-bond donors (Lipinski definition) is 3. The molecule has 98 valence electrons. The van der Waals surface area contributed by atoms with Gasteiger partial charge in [0, 0.05) is 5.56 Å². The van der Waals surface area contributed by atoms with E-state index >= 15 is 0 Å². The van der Waals surface area contributed by atoms with Crippen LogP contribution in [0.25, 0.3) is 0 Å². The van der Waals surface area contributed by atoms with E-state index in [1.165, 1.54) is 18.3 Å². The summed E-state index contributed by atoms with van der Waals surface area (Å²) < 4.78 is 3.59. The van der Waals surface area contributed by atoms with E-state index in [9.17, 15) is 4.79 Å². The molecule has 0 radical (unpaired) electrons. The van der Waals surface area contributed by atoms with Crippen LogP contribution < -0.4 is 11.1 Å². The minimum absolute atomic E-state index is 0.0772. The first-order valence-electron chi connectivity index (χ1n) is 4.98. The molecule has 9 heteroatoms. The number of nitrogens with one attached hydrogen (secondary N) is 1. The molecule has 1 aromatic carbocycles. The molecule has 1 amide bonds. The molecule has 2 rings (SSSR count). The molecule has 0 aliphatic heterocycles. The zero-order valence-electron chi connectivity index (χ0n) is 9.37. The Labute approximate surface area is 116 Å². The van der Waals surface area contributed by atoms with Crippen molar-refractivity contribution in [3.05, 3.63) is 39.9 Å². The first-order valence-corrected chi connectivity index (χ1v) is 6.13. The highest BCUT2D eigenvalue weighted by atomic mass is 35.5. The van der Waals surface area contributed by atoms with Crippen LogP contribution in [0.1, 0.15) is 15.2 Å². The van der Waals surface area contributed by atoms with Gasteiger partial charge in [0.1, 0.15) is 4.88 Å². The SMILES string of the molecule is NC(=NO)c1ccc(Cl)c(NC(=O)c2cnns2)c1. The number of hydrogen-bond acceptors (Lipinski definition) is 6. The van der Waals surface area contributed by atoms with Crippen LogP contribution in [-0.4, -0.2) is 26.5 Å². The van der Waals surface area contributed by atoms with Gasteiger partial charge >= 0.3 is 0 Å². The van der Waals surface area contributed by atoms with Crippen molar-refractivity contribution in [3.63, 3.8) is 0 Å². The first-order chi connectivity index (χ1) is 9.11. The second-order valence-electron chi connectivity index (χ2n) is 3.42. The van der Waals surface area contributed by atoms with Crippen molar-refractivity contribution in [2.75, 3.05) is 5.32 Å². The Bertz CT molecular complexity index is 629. The summed E-state index contributed by atoms with van der Waals surface area (Å²) in [5.41, 5.74) is 6.25. The van der Waals surface area contributed by atoms with Crippen molar-refractivity contribution in [2.24, 2.45) is 10.9 Å². The van der Waals surface area contributed by atoms with E-state index in [1.54, 1.807) is 6.07 Å². The lowest BCUT2D eigenvalue weighted by Gasteiger charge is -2.07. The zero-order chi connectivity index (χ0) is 13.8. The van der Waals surface area contributed by atoms with Crippen molar-refractivity contribution in [3.8, 4) is 0 Å². The number of nitrogens with two attached hydrogens (primary N) is 1. The molecule has 0 saturated carbocycles. The monoisotopic (exact) mass is 297 g/mol. The number of halogens is 1. The number of carbonyl (C=O) groups excluding carboxylic acids is 1. The first kappa shape index (κ1) is 13.2. The minimum Gasteiger partial charge on any atom is -0.409 e. The average Bonchev–Trinajstić information content (AvgIpc) is 2.94. The number of oxime groups is 1. The lowest BCUT2D eigenvalue weighted by Crippen LogP contribution is -2.15. The maximum absolute atomic E-state index is 11.8. The Morgan fingerprint density at radius 1 is 1.53 bits per heavy atom. The Kier molecular flexibility index (Phi) is 3.93. The van der Waals surface area contributed by atoms with Gasteiger partial charge in [0.05, 0.1) is 16.9 Å². The Balaban J connectivity index is 2.27. The van der Waals surface area contributed by atoms with Crippen molar-refractivity contribution < 1.29 is 10.0 Å². The number of amidine groups is 1. The van der Waals surface area contributed by atoms with Gasteiger partial charge in [-0.1, -0.05) is 21.2 Å². The molecule has 0 unspecified atom stereocenters. The number of aromatic nitrogens is 2. The van der Waals surface area contributed by atoms with E-state index in [4.69, 9.17) is 22.5 Å². The number of rotatable bonds is 3. The number of nitrogens with zero attached hydrogens (tertiary/aromatic N) is 3. The van der Waals surface area contributed by atoms with Crippen LogP contribution in [0.3, 0.4) is 0 Å². The molecular weight excluding hydrogens is 290 g/mol. The van der Waals surface area contributed by atoms with E-state index < -0.39 is 0 Å². The fraction of sp³-hybridized carbons (Fsp3) is 0. The summed E-state index contributed by atoms with van der Waals surface area (Å²) in [6.45, 7) is 0. The van der Waals surface area contributed by atoms with Crippen molar-refractivity contribution in [1.29, 1.82) is 0 Å². The van der Waals surface area contributed by atoms with Crippen molar-refractivity contribution in [1.82, 2.24) is 9.59 Å². The average molecular weight is 298 g/mol. The zero-order valence-corrected chi connectivity index (χ0v) is 10.9. The van der Waals surface area contributed by atoms with Gasteiger partial charge in [-0.05, 0) is 29.7 Å². The molecule has 1 aromatic heterocycles. The maximum Gasteiger partial charge on any atom is 0.269 e. The standard InChI is InChI=1S/C10H8ClN5O2S/c11-6-2-1-5(9(12)15-18)3-7(6)14-10(17)8-4-13-16-19-8/h1-4,18H,(H2,12,15)(H,14,17). The van der Waals surface area contributed by atoms with Crippen LogP contribution in [0.15, 0.2) is 29.6 Å². The second kappa shape index (κ2) is 5.63. The molecule has 4 N–H and O–H groups in total. The topological polar surface area (TPSA) is 113 Å². The Morgan fingerprint density at radius 2 is 2.32 bits per heavy atom. The summed E-state index contributed by atoms with van der Waals surface area (Å²) in [5, 5.41) is 18.0. The molecule has 0 spiro atoms. The maximum atomic E-state index is 11.8. The molecule has 1 heterocycles. The van der Waals surface area contributed by atoms with Gasteiger partial charge < -0.3 is 16.3 Å². The second-order valence-corrected chi connectivity index (χ2v) is 4.61. The van der Waals surface area contributed by atoms with Crippen molar-refractivity contribution >= 4 is 40.6 Å². The number of amides is 1. The lowest BCUT2D eigenvalue weighted by atomic mass is 10.2. The molecule has 0 bridgehead atoms. The molecule has 0 aliphatic carbocycles. The Morgan fingerprint density at radius 3 is 2.95 bits per heavy atom. The molecule has 19 heavy (non-hydrogen) atoms. The Hall–Kier alpha value is -2.19. The van der Waals surface area contributed by atoms with Gasteiger partial charge in [-0.25, -0.2) is 0 Å². The van der Waals surface area contributed by atoms with Crippen LogP contribution in [0, 0.1) is 0 Å². The summed E-state index contributed by atoms with van der Waals surface area (Å²) in [6, 6.07) is 4.61. The largest absolute Gasteiger partial charge is 0.409 e. The quantitative estimate of drug-likeness (QED) is 0.344. The smallest absolute Gasteiger partial charge is 0.269 e. The number of anilines is 1. The number of carbonyl (C=O) groups is 1. The van der Waals surface area contributed by atoms with Gasteiger partial charge in [0.2, 0.25) is 0 Å². The molecule has 0 fully saturated rings. The van der Waals surface area contributed by atoms with Crippen LogP contribution >= 0.6 is 23.1 Å². The molecule has 0 saturated heterocycles. The normalized spacial score (nSPS) is 11.3. The molecule has 0 aliphatic rings. The molecular formula is C10H8ClN5O2S. The van der Waals surface area contributed by atoms with E-state index in [-0.39, 0.29) is 11.7 Å². The van der Waals surface area contributed by atoms with Crippen LogP contribution in [0.5, 0.6) is 0 Å². The van der Waals surface area contributed by atoms with E-state index in [2.05, 4.69) is 20.1 Å². The third kappa shape index (κ3) is 2.98. The third-order valence-corrected chi connectivity index (χ3v) is 3.20. The van der Waals surface area contributed by atoms with Crippen LogP contribution in [0.4, 0.5) is 5.69 Å². The van der Waals surface area contributed by atoms with Gasteiger partial charge in [-0.3, -0.25) is 4.79 Å². The molecule has 7 nitrogen and oxygen atoms in total. The predicted molar refractivity (Wildman–Crippen MR) is 71.8 cm³/mol. The lowest BCUT2D eigenvalue weighted by molar-refractivity contribution is 0.103. The minimum atomic E-state index is -0.381. The molecule has 0 atom stereocenters. The third-order valence-electron chi connectivity index (χ3n) is 2.20. The fourth-order valence-electron chi connectivity index (χ4n) is 1.29. The summed E-state index contributed by atoms with van der Waals surface area (Å²) >= 11 is 6.93. The molecule has 2 aromatic rings. The summed E-state index contributed by atoms with van der Waals surface area (Å²) in [5.74, 6) is -0.458. The highest BCUT2D eigenvalue weighted by molar-refractivity contribution is 7.07. The van der Waals surface area contributed by atoms with E-state index in [0.29, 0.717) is 21.2 Å². The summed E-state index contributed by atoms with van der Waals surface area (Å²) in [4.78, 5) is 12.2. The summed E-state index contributed by atoms with van der Waals surface area (Å²) in [7, 11) is 0. The van der Waals surface area contributed by atoms with E-state index in [1.807, 2.05) is 0 Å².